The lowest BCUT2D eigenvalue weighted by molar-refractivity contribution is -0.385. The smallest absolute Gasteiger partial charge is 0.331 e. The molecule has 0 bridgehead atoms. The maximum atomic E-state index is 13.1. The van der Waals surface area contributed by atoms with Crippen molar-refractivity contribution in [3.05, 3.63) is 45.8 Å². The maximum Gasteiger partial charge on any atom is 0.331 e. The average Bonchev–Trinajstić information content (AvgIpc) is 2.87. The van der Waals surface area contributed by atoms with Gasteiger partial charge in [-0.25, -0.2) is 9.18 Å². The van der Waals surface area contributed by atoms with Gasteiger partial charge < -0.3 is 9.64 Å². The van der Waals surface area contributed by atoms with Crippen LogP contribution in [0.1, 0.15) is 31.2 Å². The third-order valence-electron chi connectivity index (χ3n) is 3.88. The van der Waals surface area contributed by atoms with Gasteiger partial charge in [0.05, 0.1) is 16.6 Å². The quantitative estimate of drug-likeness (QED) is 0.352. The zero-order chi connectivity index (χ0) is 18.2. The first-order chi connectivity index (χ1) is 12.0. The van der Waals surface area contributed by atoms with E-state index in [9.17, 15) is 24.1 Å². The Kier molecular flexibility index (Phi) is 6.62. The molecule has 2 rings (SSSR count). The van der Waals surface area contributed by atoms with E-state index in [1.165, 1.54) is 6.07 Å². The average molecular weight is 350 g/mol. The number of hydrogen-bond donors (Lipinski definition) is 0. The number of halogens is 1. The van der Waals surface area contributed by atoms with Crippen molar-refractivity contribution in [1.82, 2.24) is 4.90 Å². The molecule has 0 atom stereocenters. The second kappa shape index (κ2) is 8.91. The molecule has 0 aliphatic carbocycles. The van der Waals surface area contributed by atoms with Crippen LogP contribution in [0.5, 0.6) is 0 Å². The van der Waals surface area contributed by atoms with Crippen LogP contribution in [0.15, 0.2) is 24.3 Å². The summed E-state index contributed by atoms with van der Waals surface area (Å²) in [5, 5.41) is 10.9. The molecule has 1 aromatic carbocycles. The zero-order valence-corrected chi connectivity index (χ0v) is 13.7. The zero-order valence-electron chi connectivity index (χ0n) is 13.7. The highest BCUT2D eigenvalue weighted by atomic mass is 19.1. The minimum atomic E-state index is -0.790. The molecule has 0 N–H and O–H groups in total. The predicted octanol–water partition coefficient (Wildman–Crippen LogP) is 2.69. The lowest BCUT2D eigenvalue weighted by Crippen LogP contribution is -2.35. The first-order valence-corrected chi connectivity index (χ1v) is 8.04. The number of nitro groups is 1. The van der Waals surface area contributed by atoms with Crippen molar-refractivity contribution in [1.29, 1.82) is 0 Å². The fourth-order valence-corrected chi connectivity index (χ4v) is 2.57. The number of nitrogens with zero attached hydrogens (tertiary/aromatic N) is 2. The highest BCUT2D eigenvalue weighted by Gasteiger charge is 2.17. The molecule has 1 amide bonds. The van der Waals surface area contributed by atoms with Crippen molar-refractivity contribution in [3.63, 3.8) is 0 Å². The summed E-state index contributed by atoms with van der Waals surface area (Å²) in [6, 6.07) is 3.02. The summed E-state index contributed by atoms with van der Waals surface area (Å²) < 4.78 is 17.9. The number of hydrogen-bond acceptors (Lipinski definition) is 5. The van der Waals surface area contributed by atoms with Gasteiger partial charge in [0.15, 0.2) is 6.61 Å². The summed E-state index contributed by atoms with van der Waals surface area (Å²) in [6.07, 6.45) is 6.19. The molecule has 0 radical (unpaired) electrons. The highest BCUT2D eigenvalue weighted by Crippen LogP contribution is 2.21. The van der Waals surface area contributed by atoms with E-state index in [1.807, 2.05) is 0 Å². The van der Waals surface area contributed by atoms with E-state index in [0.717, 1.165) is 50.0 Å². The van der Waals surface area contributed by atoms with Gasteiger partial charge in [-0.05, 0) is 31.1 Å². The lowest BCUT2D eigenvalue weighted by Gasteiger charge is -2.19. The Morgan fingerprint density at radius 1 is 1.24 bits per heavy atom. The van der Waals surface area contributed by atoms with Gasteiger partial charge in [0, 0.05) is 19.2 Å². The summed E-state index contributed by atoms with van der Waals surface area (Å²) >= 11 is 0. The van der Waals surface area contributed by atoms with Gasteiger partial charge in [0.2, 0.25) is 0 Å². The van der Waals surface area contributed by atoms with Crippen LogP contribution in [0.25, 0.3) is 6.08 Å². The highest BCUT2D eigenvalue weighted by molar-refractivity contribution is 5.90. The number of amides is 1. The first kappa shape index (κ1) is 18.6. The van der Waals surface area contributed by atoms with Crippen molar-refractivity contribution < 1.29 is 23.6 Å². The summed E-state index contributed by atoms with van der Waals surface area (Å²) in [6.45, 7) is 0.955. The fourth-order valence-electron chi connectivity index (χ4n) is 2.57. The Balaban J connectivity index is 1.90. The third-order valence-corrected chi connectivity index (χ3v) is 3.88. The Bertz CT molecular complexity index is 682. The van der Waals surface area contributed by atoms with Crippen molar-refractivity contribution in [2.24, 2.45) is 0 Å². The van der Waals surface area contributed by atoms with Crippen LogP contribution in [0.4, 0.5) is 10.1 Å². The standard InChI is InChI=1S/C17H19FN2O5/c18-14-7-5-13(15(11-14)20(23)24)6-8-17(22)25-12-16(21)19-9-3-1-2-4-10-19/h5-8,11H,1-4,9-10,12H2. The van der Waals surface area contributed by atoms with Crippen LogP contribution in [0.3, 0.4) is 0 Å². The topological polar surface area (TPSA) is 89.7 Å². The minimum absolute atomic E-state index is 0.0715. The van der Waals surface area contributed by atoms with E-state index in [-0.39, 0.29) is 18.1 Å². The van der Waals surface area contributed by atoms with Crippen molar-refractivity contribution in [2.75, 3.05) is 19.7 Å². The van der Waals surface area contributed by atoms with E-state index in [1.54, 1.807) is 4.90 Å². The third kappa shape index (κ3) is 5.66. The summed E-state index contributed by atoms with van der Waals surface area (Å²) in [4.78, 5) is 35.5. The van der Waals surface area contributed by atoms with Crippen LogP contribution in [0.2, 0.25) is 0 Å². The number of nitro benzene ring substituents is 1. The molecule has 1 aliphatic rings. The second-order valence-corrected chi connectivity index (χ2v) is 5.70. The van der Waals surface area contributed by atoms with Crippen LogP contribution < -0.4 is 0 Å². The Hall–Kier alpha value is -2.77. The predicted molar refractivity (Wildman–Crippen MR) is 88.1 cm³/mol. The van der Waals surface area contributed by atoms with E-state index >= 15 is 0 Å². The van der Waals surface area contributed by atoms with E-state index in [2.05, 4.69) is 0 Å². The van der Waals surface area contributed by atoms with Crippen LogP contribution in [-0.2, 0) is 14.3 Å². The molecule has 0 saturated carbocycles. The van der Waals surface area contributed by atoms with Crippen LogP contribution >= 0.6 is 0 Å². The molecule has 0 aromatic heterocycles. The SMILES string of the molecule is O=C(C=Cc1ccc(F)cc1[N+](=O)[O-])OCC(=O)N1CCCCCC1. The molecule has 25 heavy (non-hydrogen) atoms. The number of rotatable bonds is 5. The number of carbonyl (C=O) groups is 2. The van der Waals surface area contributed by atoms with Crippen molar-refractivity contribution >= 4 is 23.6 Å². The molecule has 0 spiro atoms. The summed E-state index contributed by atoms with van der Waals surface area (Å²) in [7, 11) is 0. The minimum Gasteiger partial charge on any atom is -0.452 e. The Labute approximate surface area is 144 Å². The van der Waals surface area contributed by atoms with E-state index in [0.29, 0.717) is 13.1 Å². The molecular weight excluding hydrogens is 331 g/mol. The molecule has 0 unspecified atom stereocenters. The summed E-state index contributed by atoms with van der Waals surface area (Å²) in [5.74, 6) is -1.78. The fraction of sp³-hybridized carbons (Fsp3) is 0.412. The van der Waals surface area contributed by atoms with Gasteiger partial charge in [-0.3, -0.25) is 14.9 Å². The number of carbonyl (C=O) groups excluding carboxylic acids is 2. The number of ether oxygens (including phenoxy) is 1. The van der Waals surface area contributed by atoms with Gasteiger partial charge in [-0.2, -0.15) is 0 Å². The molecule has 1 fully saturated rings. The molecule has 7 nitrogen and oxygen atoms in total. The van der Waals surface area contributed by atoms with Gasteiger partial charge in [0.1, 0.15) is 5.82 Å². The normalized spacial score (nSPS) is 15.0. The van der Waals surface area contributed by atoms with Crippen LogP contribution in [-0.4, -0.2) is 41.4 Å². The van der Waals surface area contributed by atoms with Crippen LogP contribution in [0, 0.1) is 15.9 Å². The van der Waals surface area contributed by atoms with Crippen molar-refractivity contribution in [3.8, 4) is 0 Å². The van der Waals surface area contributed by atoms with Gasteiger partial charge >= 0.3 is 5.97 Å². The first-order valence-electron chi connectivity index (χ1n) is 8.04. The monoisotopic (exact) mass is 350 g/mol. The van der Waals surface area contributed by atoms with E-state index in [4.69, 9.17) is 4.74 Å². The molecule has 1 aliphatic heterocycles. The molecule has 1 aromatic rings. The largest absolute Gasteiger partial charge is 0.452 e. The molecule has 8 heteroatoms. The van der Waals surface area contributed by atoms with Crippen molar-refractivity contribution in [2.45, 2.75) is 25.7 Å². The van der Waals surface area contributed by atoms with E-state index < -0.39 is 22.4 Å². The lowest BCUT2D eigenvalue weighted by atomic mass is 10.1. The molecule has 134 valence electrons. The molecule has 1 heterocycles. The van der Waals surface area contributed by atoms with Gasteiger partial charge in [-0.1, -0.05) is 12.8 Å². The molecular formula is C17H19FN2O5. The van der Waals surface area contributed by atoms with Gasteiger partial charge in [-0.15, -0.1) is 0 Å². The second-order valence-electron chi connectivity index (χ2n) is 5.70. The Morgan fingerprint density at radius 2 is 1.92 bits per heavy atom. The number of likely N-dealkylation sites (tertiary alicyclic amines) is 1. The number of esters is 1. The Morgan fingerprint density at radius 3 is 2.56 bits per heavy atom. The number of benzene rings is 1. The maximum absolute atomic E-state index is 13.1. The van der Waals surface area contributed by atoms with Gasteiger partial charge in [0.25, 0.3) is 11.6 Å². The summed E-state index contributed by atoms with van der Waals surface area (Å²) in [5.41, 5.74) is -0.383. The molecule has 1 saturated heterocycles.